The molecule has 3 N–H and O–H groups in total. The van der Waals surface area contributed by atoms with Crippen LogP contribution in [0.25, 0.3) is 10.9 Å². The Balaban J connectivity index is 1.50. The third kappa shape index (κ3) is 5.88. The molecule has 7 nitrogen and oxygen atoms in total. The molecule has 2 aromatic heterocycles. The number of pyridine rings is 1. The monoisotopic (exact) mass is 537 g/mol. The number of carbonyl (C=O) groups excluding carboxylic acids is 2. The topological polar surface area (TPSA) is 90.1 Å². The molecule has 0 spiro atoms. The zero-order valence-corrected chi connectivity index (χ0v) is 23.6. The van der Waals surface area contributed by atoms with Gasteiger partial charge in [0.05, 0.1) is 17.3 Å². The molecular formula is C33H39N5O2. The maximum atomic E-state index is 14.4. The quantitative estimate of drug-likeness (QED) is 0.252. The number of fused-ring (bicyclic) bond motifs is 1. The first kappa shape index (κ1) is 27.4. The van der Waals surface area contributed by atoms with Gasteiger partial charge in [0.1, 0.15) is 5.54 Å². The van der Waals surface area contributed by atoms with E-state index in [9.17, 15) is 9.59 Å². The molecule has 1 saturated carbocycles. The second kappa shape index (κ2) is 11.9. The molecule has 0 radical (unpaired) electrons. The first-order valence-corrected chi connectivity index (χ1v) is 14.2. The van der Waals surface area contributed by atoms with Gasteiger partial charge in [-0.3, -0.25) is 14.6 Å². The van der Waals surface area contributed by atoms with E-state index in [1.54, 1.807) is 12.3 Å². The maximum Gasteiger partial charge on any atom is 0.254 e. The molecule has 2 aromatic carbocycles. The van der Waals surface area contributed by atoms with E-state index in [-0.39, 0.29) is 17.9 Å². The third-order valence-electron chi connectivity index (χ3n) is 8.15. The van der Waals surface area contributed by atoms with Gasteiger partial charge in [0, 0.05) is 49.5 Å². The molecule has 1 aliphatic rings. The second-order valence-electron chi connectivity index (χ2n) is 11.3. The molecule has 1 aliphatic carbocycles. The molecule has 7 heteroatoms. The van der Waals surface area contributed by atoms with E-state index in [1.165, 1.54) is 6.42 Å². The summed E-state index contributed by atoms with van der Waals surface area (Å²) in [5.74, 6) is -0.196. The van der Waals surface area contributed by atoms with Crippen molar-refractivity contribution in [3.8, 4) is 0 Å². The number of nitrogens with one attached hydrogen (secondary N) is 3. The van der Waals surface area contributed by atoms with Crippen LogP contribution in [0.4, 0.5) is 5.69 Å². The van der Waals surface area contributed by atoms with E-state index in [1.807, 2.05) is 92.8 Å². The molecule has 1 fully saturated rings. The van der Waals surface area contributed by atoms with Gasteiger partial charge in [-0.15, -0.1) is 0 Å². The van der Waals surface area contributed by atoms with Crippen molar-refractivity contribution in [2.24, 2.45) is 5.92 Å². The summed E-state index contributed by atoms with van der Waals surface area (Å²) in [5, 5.41) is 7.56. The molecule has 0 saturated heterocycles. The molecule has 2 heterocycles. The summed E-state index contributed by atoms with van der Waals surface area (Å²) in [6.45, 7) is 1.83. The minimum atomic E-state index is -1.22. The highest BCUT2D eigenvalue weighted by Gasteiger charge is 2.39. The van der Waals surface area contributed by atoms with Crippen LogP contribution in [0.3, 0.4) is 0 Å². The van der Waals surface area contributed by atoms with Crippen LogP contribution in [0.2, 0.25) is 0 Å². The Bertz CT molecular complexity index is 1460. The number of anilines is 1. The van der Waals surface area contributed by atoms with Gasteiger partial charge in [-0.25, -0.2) is 0 Å². The van der Waals surface area contributed by atoms with E-state index in [4.69, 9.17) is 0 Å². The zero-order valence-electron chi connectivity index (χ0n) is 23.6. The van der Waals surface area contributed by atoms with Gasteiger partial charge >= 0.3 is 0 Å². The Morgan fingerprint density at radius 3 is 2.48 bits per heavy atom. The number of benzene rings is 2. The van der Waals surface area contributed by atoms with E-state index in [2.05, 4.69) is 20.6 Å². The number of amides is 2. The van der Waals surface area contributed by atoms with Gasteiger partial charge in [0.25, 0.3) is 5.91 Å². The van der Waals surface area contributed by atoms with Gasteiger partial charge in [0.15, 0.2) is 0 Å². The Labute approximate surface area is 236 Å². The van der Waals surface area contributed by atoms with E-state index < -0.39 is 5.54 Å². The molecular weight excluding hydrogens is 498 g/mol. The lowest BCUT2D eigenvalue weighted by atomic mass is 9.81. The average molecular weight is 538 g/mol. The van der Waals surface area contributed by atoms with E-state index in [0.717, 1.165) is 53.5 Å². The van der Waals surface area contributed by atoms with Gasteiger partial charge in [-0.1, -0.05) is 55.7 Å². The number of aromatic amines is 1. The Morgan fingerprint density at radius 2 is 1.73 bits per heavy atom. The first-order chi connectivity index (χ1) is 19.4. The van der Waals surface area contributed by atoms with Crippen LogP contribution in [0.5, 0.6) is 0 Å². The summed E-state index contributed by atoms with van der Waals surface area (Å²) in [4.78, 5) is 38.0. The number of H-pyrrole nitrogens is 1. The molecule has 1 unspecified atom stereocenters. The van der Waals surface area contributed by atoms with Gasteiger partial charge in [-0.2, -0.15) is 0 Å². The minimum absolute atomic E-state index is 0.213. The Hall–Kier alpha value is -4.13. The number of carbonyl (C=O) groups is 2. The lowest BCUT2D eigenvalue weighted by Gasteiger charge is -2.35. The number of para-hydroxylation sites is 2. The van der Waals surface area contributed by atoms with Crippen molar-refractivity contribution in [3.63, 3.8) is 0 Å². The van der Waals surface area contributed by atoms with E-state index in [0.29, 0.717) is 17.9 Å². The number of hydrogen-bond donors (Lipinski definition) is 3. The minimum Gasteiger partial charge on any atom is -0.377 e. The fourth-order valence-electron chi connectivity index (χ4n) is 5.97. The van der Waals surface area contributed by atoms with Crippen LogP contribution in [-0.4, -0.2) is 41.4 Å². The standard InChI is InChI=1S/C33H39N5O2/c1-33(21-24-22-35-27-17-9-7-15-25(24)27,37-31(39)26-16-8-10-19-29(26)38(2)3)32(40)36-30(23-13-5-4-6-14-23)28-18-11-12-20-34-28/h7-12,15-20,22-23,30,35H,4-6,13-14,21H2,1-3H3,(H,36,40)(H,37,39)/t30?,33-/m0/s1. The van der Waals surface area contributed by atoms with Crippen LogP contribution in [0.1, 0.15) is 66.7 Å². The van der Waals surface area contributed by atoms with Crippen molar-refractivity contribution in [2.45, 2.75) is 57.0 Å². The normalized spacial score (nSPS) is 16.2. The average Bonchev–Trinajstić information content (AvgIpc) is 3.38. The van der Waals surface area contributed by atoms with Crippen LogP contribution >= 0.6 is 0 Å². The summed E-state index contributed by atoms with van der Waals surface area (Å²) in [6.07, 6.45) is 9.66. The fraction of sp³-hybridized carbons (Fsp3) is 0.364. The second-order valence-corrected chi connectivity index (χ2v) is 11.3. The van der Waals surface area contributed by atoms with Crippen LogP contribution < -0.4 is 15.5 Å². The predicted molar refractivity (Wildman–Crippen MR) is 160 cm³/mol. The van der Waals surface area contributed by atoms with Gasteiger partial charge in [0.2, 0.25) is 5.91 Å². The highest BCUT2D eigenvalue weighted by molar-refractivity contribution is 6.03. The lowest BCUT2D eigenvalue weighted by molar-refractivity contribution is -0.128. The first-order valence-electron chi connectivity index (χ1n) is 14.2. The van der Waals surface area contributed by atoms with Crippen molar-refractivity contribution >= 4 is 28.4 Å². The van der Waals surface area contributed by atoms with E-state index >= 15 is 0 Å². The number of hydrogen-bond acceptors (Lipinski definition) is 4. The summed E-state index contributed by atoms with van der Waals surface area (Å²) in [5.41, 5.74) is 2.94. The van der Waals surface area contributed by atoms with Crippen molar-refractivity contribution in [1.29, 1.82) is 0 Å². The maximum absolute atomic E-state index is 14.4. The van der Waals surface area contributed by atoms with Gasteiger partial charge < -0.3 is 20.5 Å². The van der Waals surface area contributed by atoms with Crippen molar-refractivity contribution in [2.75, 3.05) is 19.0 Å². The van der Waals surface area contributed by atoms with Gasteiger partial charge in [-0.05, 0) is 61.6 Å². The fourth-order valence-corrected chi connectivity index (χ4v) is 5.97. The summed E-state index contributed by atoms with van der Waals surface area (Å²) in [6, 6.07) is 21.1. The summed E-state index contributed by atoms with van der Waals surface area (Å²) < 4.78 is 0. The molecule has 0 aliphatic heterocycles. The van der Waals surface area contributed by atoms with Crippen molar-refractivity contribution in [3.05, 3.63) is 95.9 Å². The van der Waals surface area contributed by atoms with Crippen molar-refractivity contribution in [1.82, 2.24) is 20.6 Å². The van der Waals surface area contributed by atoms with Crippen LogP contribution in [0.15, 0.2) is 79.1 Å². The largest absolute Gasteiger partial charge is 0.377 e. The molecule has 5 rings (SSSR count). The SMILES string of the molecule is CN(C)c1ccccc1C(=O)N[C@@](C)(Cc1c[nH]c2ccccc12)C(=O)NC(c1ccccn1)C1CCCCC1. The summed E-state index contributed by atoms with van der Waals surface area (Å²) >= 11 is 0. The number of aromatic nitrogens is 2. The molecule has 2 amide bonds. The molecule has 40 heavy (non-hydrogen) atoms. The zero-order chi connectivity index (χ0) is 28.1. The van der Waals surface area contributed by atoms with Crippen molar-refractivity contribution < 1.29 is 9.59 Å². The molecule has 4 aromatic rings. The molecule has 2 atom stereocenters. The molecule has 208 valence electrons. The highest BCUT2D eigenvalue weighted by atomic mass is 16.2. The predicted octanol–water partition coefficient (Wildman–Crippen LogP) is 5.80. The Kier molecular flexibility index (Phi) is 8.19. The smallest absolute Gasteiger partial charge is 0.254 e. The number of nitrogens with zero attached hydrogens (tertiary/aromatic N) is 2. The highest BCUT2D eigenvalue weighted by Crippen LogP contribution is 2.34. The van der Waals surface area contributed by atoms with Crippen LogP contribution in [0, 0.1) is 5.92 Å². The third-order valence-corrected chi connectivity index (χ3v) is 8.15. The number of rotatable bonds is 9. The molecule has 0 bridgehead atoms. The lowest BCUT2D eigenvalue weighted by Crippen LogP contribution is -2.59. The Morgan fingerprint density at radius 1 is 1.00 bits per heavy atom. The van der Waals surface area contributed by atoms with Crippen LogP contribution in [-0.2, 0) is 11.2 Å². The summed E-state index contributed by atoms with van der Waals surface area (Å²) in [7, 11) is 3.82.